The number of carbonyl (C=O) groups is 3. The number of nitrogens with one attached hydrogen (secondary N) is 2. The molecule has 0 saturated carbocycles. The first-order chi connectivity index (χ1) is 25.3. The highest BCUT2D eigenvalue weighted by atomic mass is 35.5. The van der Waals surface area contributed by atoms with Crippen LogP contribution < -0.4 is 15.5 Å². The number of aliphatic hydroxyl groups is 1. The lowest BCUT2D eigenvalue weighted by Gasteiger charge is -2.37. The number of β-amino-alcohol motifs (C(OH)–C–C–N with tert-alkyl or cyclic N) is 1. The number of hydrogen-bond acceptors (Lipinski definition) is 10. The lowest BCUT2D eigenvalue weighted by molar-refractivity contribution is -0.144. The number of thiazole rings is 1. The van der Waals surface area contributed by atoms with Gasteiger partial charge >= 0.3 is 0 Å². The number of benzene rings is 2. The van der Waals surface area contributed by atoms with Crippen LogP contribution in [0.1, 0.15) is 51.4 Å². The van der Waals surface area contributed by atoms with Crippen molar-refractivity contribution in [2.45, 2.75) is 65.3 Å². The maximum Gasteiger partial charge on any atom is 0.246 e. The van der Waals surface area contributed by atoms with Crippen LogP contribution >= 0.6 is 22.9 Å². The molecule has 2 aromatic heterocycles. The number of anilines is 1. The number of nitrogens with zero attached hydrogens (tertiary/aromatic N) is 6. The second kappa shape index (κ2) is 16.3. The third kappa shape index (κ3) is 9.21. The molecule has 53 heavy (non-hydrogen) atoms. The highest BCUT2D eigenvalue weighted by molar-refractivity contribution is 7.13. The smallest absolute Gasteiger partial charge is 0.246 e. The van der Waals surface area contributed by atoms with Gasteiger partial charge in [-0.1, -0.05) is 68.8 Å². The van der Waals surface area contributed by atoms with E-state index in [0.29, 0.717) is 18.2 Å². The summed E-state index contributed by atoms with van der Waals surface area (Å²) >= 11 is 7.59. The standard InChI is InChI=1S/C39H47ClN8O4S/c1-24(26-6-8-28(9-7-26)35-25(2)41-23-53-35)43-37(51)32-19-31(49)21-48(32)38(52)36(39(3,4)5)44-34(50)22-46-14-16-47(17-15-46)30-12-10-27(11-13-30)29-18-33(40)45-42-20-29/h6-13,18,20,23-24,31-32,36,49H,14-17,19,21-22H2,1-5H3,(H,43,51)(H,44,50)/t24-,31+,32-,36?/m0/s1. The lowest BCUT2D eigenvalue weighted by atomic mass is 9.85. The third-order valence-electron chi connectivity index (χ3n) is 9.99. The Morgan fingerprint density at radius 1 is 0.981 bits per heavy atom. The van der Waals surface area contributed by atoms with Crippen molar-refractivity contribution in [3.63, 3.8) is 0 Å². The van der Waals surface area contributed by atoms with Crippen molar-refractivity contribution in [3.05, 3.63) is 82.7 Å². The van der Waals surface area contributed by atoms with E-state index in [1.165, 1.54) is 4.90 Å². The van der Waals surface area contributed by atoms with Crippen LogP contribution in [0.5, 0.6) is 0 Å². The molecule has 1 unspecified atom stereocenters. The van der Waals surface area contributed by atoms with E-state index in [9.17, 15) is 19.5 Å². The fourth-order valence-corrected chi connectivity index (χ4v) is 7.93. The number of aliphatic hydroxyl groups excluding tert-OH is 1. The quantitative estimate of drug-likeness (QED) is 0.209. The van der Waals surface area contributed by atoms with Gasteiger partial charge in [-0.2, -0.15) is 5.10 Å². The van der Waals surface area contributed by atoms with E-state index in [-0.39, 0.29) is 43.3 Å². The van der Waals surface area contributed by atoms with Gasteiger partial charge in [-0.25, -0.2) is 4.98 Å². The van der Waals surface area contributed by atoms with Gasteiger partial charge in [0.1, 0.15) is 12.1 Å². The van der Waals surface area contributed by atoms with E-state index in [1.54, 1.807) is 23.6 Å². The summed E-state index contributed by atoms with van der Waals surface area (Å²) in [6, 6.07) is 15.9. The zero-order valence-electron chi connectivity index (χ0n) is 30.8. The minimum Gasteiger partial charge on any atom is -0.391 e. The highest BCUT2D eigenvalue weighted by Crippen LogP contribution is 2.30. The Kier molecular flexibility index (Phi) is 11.8. The number of aromatic nitrogens is 3. The second-order valence-electron chi connectivity index (χ2n) is 15.0. The van der Waals surface area contributed by atoms with Crippen LogP contribution in [0.2, 0.25) is 5.15 Å². The van der Waals surface area contributed by atoms with Crippen molar-refractivity contribution in [2.75, 3.05) is 44.2 Å². The molecule has 2 aromatic carbocycles. The zero-order valence-corrected chi connectivity index (χ0v) is 32.3. The highest BCUT2D eigenvalue weighted by Gasteiger charge is 2.44. The van der Waals surface area contributed by atoms with Crippen molar-refractivity contribution in [2.24, 2.45) is 5.41 Å². The van der Waals surface area contributed by atoms with Crippen molar-refractivity contribution in [1.29, 1.82) is 0 Å². The van der Waals surface area contributed by atoms with E-state index in [2.05, 4.69) is 47.7 Å². The number of hydrogen-bond donors (Lipinski definition) is 3. The maximum atomic E-state index is 14.1. The van der Waals surface area contributed by atoms with Gasteiger partial charge in [-0.05, 0) is 54.2 Å². The average molecular weight is 759 g/mol. The van der Waals surface area contributed by atoms with Gasteiger partial charge in [0.15, 0.2) is 5.15 Å². The minimum atomic E-state index is -0.888. The SMILES string of the molecule is Cc1ncsc1-c1ccc([C@H](C)NC(=O)[C@@H]2C[C@@H](O)CN2C(=O)C(NC(=O)CN2CCN(c3ccc(-c4cnnc(Cl)c4)cc3)CC2)C(C)(C)C)cc1. The van der Waals surface area contributed by atoms with Crippen LogP contribution in [-0.2, 0) is 14.4 Å². The van der Waals surface area contributed by atoms with Gasteiger partial charge < -0.3 is 25.5 Å². The van der Waals surface area contributed by atoms with E-state index in [4.69, 9.17) is 11.6 Å². The van der Waals surface area contributed by atoms with Crippen molar-refractivity contribution < 1.29 is 19.5 Å². The molecule has 4 heterocycles. The summed E-state index contributed by atoms with van der Waals surface area (Å²) in [7, 11) is 0. The Balaban J connectivity index is 1.03. The van der Waals surface area contributed by atoms with E-state index in [0.717, 1.165) is 51.6 Å². The van der Waals surface area contributed by atoms with Crippen LogP contribution in [0.3, 0.4) is 0 Å². The van der Waals surface area contributed by atoms with E-state index < -0.39 is 23.6 Å². The molecule has 2 aliphatic heterocycles. The molecule has 0 bridgehead atoms. The molecule has 0 spiro atoms. The molecule has 14 heteroatoms. The molecule has 0 aliphatic carbocycles. The Hall–Kier alpha value is -4.43. The molecule has 12 nitrogen and oxygen atoms in total. The van der Waals surface area contributed by atoms with Crippen LogP contribution in [0.15, 0.2) is 66.3 Å². The van der Waals surface area contributed by atoms with Crippen LogP contribution in [0.4, 0.5) is 5.69 Å². The number of amides is 3. The third-order valence-corrected chi connectivity index (χ3v) is 11.2. The zero-order chi connectivity index (χ0) is 37.9. The number of likely N-dealkylation sites (tertiary alicyclic amines) is 1. The Morgan fingerprint density at radius 3 is 2.28 bits per heavy atom. The molecule has 4 atom stereocenters. The molecule has 2 fully saturated rings. The van der Waals surface area contributed by atoms with Crippen LogP contribution in [-0.4, -0.2) is 105 Å². The summed E-state index contributed by atoms with van der Waals surface area (Å²) in [5, 5.41) is 24.8. The van der Waals surface area contributed by atoms with Gasteiger partial charge in [0.2, 0.25) is 17.7 Å². The summed E-state index contributed by atoms with van der Waals surface area (Å²) in [6.07, 6.45) is 0.961. The fraction of sp³-hybridized carbons (Fsp3) is 0.436. The summed E-state index contributed by atoms with van der Waals surface area (Å²) in [5.41, 5.74) is 7.12. The number of carbonyl (C=O) groups excluding carboxylic acids is 3. The number of aryl methyl sites for hydroxylation is 1. The number of piperazine rings is 1. The minimum absolute atomic E-state index is 0.0206. The lowest BCUT2D eigenvalue weighted by Crippen LogP contribution is -2.59. The second-order valence-corrected chi connectivity index (χ2v) is 16.2. The van der Waals surface area contributed by atoms with Gasteiger partial charge in [-0.3, -0.25) is 19.3 Å². The molecule has 6 rings (SSSR count). The van der Waals surface area contributed by atoms with Crippen molar-refractivity contribution in [3.8, 4) is 21.6 Å². The molecule has 2 saturated heterocycles. The van der Waals surface area contributed by atoms with Gasteiger partial charge in [0.05, 0.1) is 41.0 Å². The predicted octanol–water partition coefficient (Wildman–Crippen LogP) is 4.72. The largest absolute Gasteiger partial charge is 0.391 e. The Bertz CT molecular complexity index is 1910. The van der Waals surface area contributed by atoms with Crippen LogP contribution in [0, 0.1) is 12.3 Å². The Labute approximate surface area is 319 Å². The molecule has 280 valence electrons. The first-order valence-electron chi connectivity index (χ1n) is 17.9. The maximum absolute atomic E-state index is 14.1. The van der Waals surface area contributed by atoms with Crippen LogP contribution in [0.25, 0.3) is 21.6 Å². The molecular formula is C39H47ClN8O4S. The summed E-state index contributed by atoms with van der Waals surface area (Å²) in [4.78, 5) is 52.4. The van der Waals surface area contributed by atoms with Crippen molar-refractivity contribution in [1.82, 2.24) is 35.6 Å². The van der Waals surface area contributed by atoms with Gasteiger partial charge in [0, 0.05) is 50.4 Å². The molecular weight excluding hydrogens is 712 g/mol. The summed E-state index contributed by atoms with van der Waals surface area (Å²) in [5.74, 6) is -0.973. The summed E-state index contributed by atoms with van der Waals surface area (Å²) < 4.78 is 0. The Morgan fingerprint density at radius 2 is 1.66 bits per heavy atom. The first-order valence-corrected chi connectivity index (χ1v) is 19.2. The van der Waals surface area contributed by atoms with Crippen molar-refractivity contribution >= 4 is 46.3 Å². The first kappa shape index (κ1) is 38.3. The van der Waals surface area contributed by atoms with E-state index >= 15 is 0 Å². The number of halogens is 1. The average Bonchev–Trinajstić information content (AvgIpc) is 3.75. The van der Waals surface area contributed by atoms with Gasteiger partial charge in [0.25, 0.3) is 0 Å². The number of rotatable bonds is 10. The molecule has 2 aliphatic rings. The predicted molar refractivity (Wildman–Crippen MR) is 207 cm³/mol. The normalized spacial score (nSPS) is 19.2. The monoisotopic (exact) mass is 758 g/mol. The topological polar surface area (TPSA) is 144 Å². The van der Waals surface area contributed by atoms with Gasteiger partial charge in [-0.15, -0.1) is 16.4 Å². The fourth-order valence-electron chi connectivity index (χ4n) is 6.95. The summed E-state index contributed by atoms with van der Waals surface area (Å²) in [6.45, 7) is 12.6. The van der Waals surface area contributed by atoms with E-state index in [1.807, 2.05) is 76.5 Å². The molecule has 0 radical (unpaired) electrons. The molecule has 4 aromatic rings. The molecule has 3 N–H and O–H groups in total. The molecule has 3 amide bonds.